The van der Waals surface area contributed by atoms with Crippen LogP contribution in [0.3, 0.4) is 0 Å². The maximum absolute atomic E-state index is 8.83. The lowest BCUT2D eigenvalue weighted by Gasteiger charge is -2.10. The van der Waals surface area contributed by atoms with E-state index in [4.69, 9.17) is 5.11 Å². The number of hydrogen-bond acceptors (Lipinski definition) is 2. The van der Waals surface area contributed by atoms with Gasteiger partial charge in [-0.3, -0.25) is 0 Å². The third kappa shape index (κ3) is 1.23. The van der Waals surface area contributed by atoms with E-state index in [-0.39, 0.29) is 0 Å². The highest BCUT2D eigenvalue weighted by Gasteiger charge is 2.07. The fourth-order valence-corrected chi connectivity index (χ4v) is 0.753. The fourth-order valence-electron chi connectivity index (χ4n) is 0.398. The molecule has 1 rings (SSSR count). The summed E-state index contributed by atoms with van der Waals surface area (Å²) < 4.78 is 5.50. The monoisotopic (exact) mass is 224 g/mol. The van der Waals surface area contributed by atoms with Crippen LogP contribution in [0, 0.1) is 0 Å². The van der Waals surface area contributed by atoms with Gasteiger partial charge in [0.05, 0.1) is 9.84 Å². The third-order valence-corrected chi connectivity index (χ3v) is 1.67. The molecule has 0 aromatic rings. The zero-order valence-corrected chi connectivity index (χ0v) is 6.20. The molecule has 0 aromatic carbocycles. The molecule has 1 aliphatic heterocycles. The molecule has 0 aliphatic carbocycles. The molecule has 0 amide bonds. The predicted octanol–water partition coefficient (Wildman–Crippen LogP) is 1.17. The van der Waals surface area contributed by atoms with Crippen molar-refractivity contribution in [2.75, 3.05) is 0 Å². The van der Waals surface area contributed by atoms with Crippen LogP contribution in [-0.2, 0) is 4.74 Å². The number of halogens is 1. The van der Waals surface area contributed by atoms with Gasteiger partial charge in [-0.1, -0.05) is 0 Å². The summed E-state index contributed by atoms with van der Waals surface area (Å²) >= 11 is 2.02. The number of ether oxygens (including phenoxy) is 1. The maximum Gasteiger partial charge on any atom is 0.229 e. The van der Waals surface area contributed by atoms with Crippen molar-refractivity contribution >= 4 is 22.6 Å². The second-order valence-corrected chi connectivity index (χ2v) is 2.61. The number of allylic oxidation sites excluding steroid dienone is 2. The Labute approximate surface area is 61.0 Å². The average molecular weight is 224 g/mol. The molecule has 1 N–H and O–H groups in total. The van der Waals surface area contributed by atoms with E-state index in [2.05, 4.69) is 4.74 Å². The van der Waals surface area contributed by atoms with Crippen LogP contribution in [0.1, 0.15) is 0 Å². The summed E-state index contributed by atoms with van der Waals surface area (Å²) in [5.74, 6) is 0. The minimum Gasteiger partial charge on any atom is -0.468 e. The molecule has 1 unspecified atom stereocenters. The third-order valence-electron chi connectivity index (χ3n) is 0.777. The van der Waals surface area contributed by atoms with Gasteiger partial charge in [0.25, 0.3) is 0 Å². The first-order chi connectivity index (χ1) is 3.80. The van der Waals surface area contributed by atoms with Gasteiger partial charge < -0.3 is 9.84 Å². The molecule has 0 spiro atoms. The first kappa shape index (κ1) is 6.10. The van der Waals surface area contributed by atoms with Gasteiger partial charge in [-0.15, -0.1) is 0 Å². The Morgan fingerprint density at radius 1 is 1.75 bits per heavy atom. The normalized spacial score (nSPS) is 26.8. The highest BCUT2D eigenvalue weighted by Crippen LogP contribution is 2.16. The van der Waals surface area contributed by atoms with E-state index >= 15 is 0 Å². The first-order valence-corrected chi connectivity index (χ1v) is 3.24. The first-order valence-electron chi connectivity index (χ1n) is 2.16. The van der Waals surface area contributed by atoms with Crippen molar-refractivity contribution in [3.05, 3.63) is 22.0 Å². The van der Waals surface area contributed by atoms with Crippen molar-refractivity contribution in [1.29, 1.82) is 0 Å². The van der Waals surface area contributed by atoms with Gasteiger partial charge in [0.2, 0.25) is 6.29 Å². The number of aliphatic hydroxyl groups excluding tert-OH is 1. The van der Waals surface area contributed by atoms with E-state index in [0.717, 1.165) is 3.58 Å². The van der Waals surface area contributed by atoms with Gasteiger partial charge in [0, 0.05) is 0 Å². The molecule has 44 valence electrons. The molecular weight excluding hydrogens is 219 g/mol. The fraction of sp³-hybridized carbons (Fsp3) is 0.200. The van der Waals surface area contributed by atoms with Crippen molar-refractivity contribution in [1.82, 2.24) is 0 Å². The molecule has 2 nitrogen and oxygen atoms in total. The summed E-state index contributed by atoms with van der Waals surface area (Å²) in [5.41, 5.74) is 0. The molecular formula is C5H5IO2. The van der Waals surface area contributed by atoms with Crippen molar-refractivity contribution in [3.63, 3.8) is 0 Å². The lowest BCUT2D eigenvalue weighted by Crippen LogP contribution is -2.09. The number of hydrogen-bond donors (Lipinski definition) is 1. The molecule has 8 heavy (non-hydrogen) atoms. The molecule has 0 fully saturated rings. The average Bonchev–Trinajstić information content (AvgIpc) is 1.77. The summed E-state index contributed by atoms with van der Waals surface area (Å²) in [6.07, 6.45) is 4.27. The molecule has 1 heterocycles. The van der Waals surface area contributed by atoms with E-state index in [0.29, 0.717) is 0 Å². The van der Waals surface area contributed by atoms with Crippen molar-refractivity contribution in [2.24, 2.45) is 0 Å². The molecule has 0 saturated carbocycles. The van der Waals surface area contributed by atoms with Crippen LogP contribution in [0.25, 0.3) is 0 Å². The Hall–Kier alpha value is -0.0300. The Morgan fingerprint density at radius 2 is 2.50 bits per heavy atom. The number of rotatable bonds is 0. The van der Waals surface area contributed by atoms with Crippen molar-refractivity contribution in [2.45, 2.75) is 6.29 Å². The van der Waals surface area contributed by atoms with Crippen molar-refractivity contribution < 1.29 is 9.84 Å². The van der Waals surface area contributed by atoms with E-state index in [1.165, 1.54) is 6.26 Å². The van der Waals surface area contributed by atoms with Gasteiger partial charge >= 0.3 is 0 Å². The van der Waals surface area contributed by atoms with Crippen LogP contribution in [0.2, 0.25) is 0 Å². The quantitative estimate of drug-likeness (QED) is 0.625. The van der Waals surface area contributed by atoms with E-state index in [9.17, 15) is 0 Å². The van der Waals surface area contributed by atoms with Gasteiger partial charge in [-0.25, -0.2) is 0 Å². The van der Waals surface area contributed by atoms with Crippen LogP contribution in [0.5, 0.6) is 0 Å². The van der Waals surface area contributed by atoms with E-state index in [1.807, 2.05) is 22.6 Å². The second-order valence-electron chi connectivity index (χ2n) is 1.37. The van der Waals surface area contributed by atoms with Crippen LogP contribution in [0.4, 0.5) is 0 Å². The summed E-state index contributed by atoms with van der Waals surface area (Å²) in [4.78, 5) is 0. The SMILES string of the molecule is OC1OC=CC=C1I. The Kier molecular flexibility index (Phi) is 1.90. The largest absolute Gasteiger partial charge is 0.468 e. The van der Waals surface area contributed by atoms with Crippen LogP contribution >= 0.6 is 22.6 Å². The summed E-state index contributed by atoms with van der Waals surface area (Å²) in [7, 11) is 0. The van der Waals surface area contributed by atoms with Crippen LogP contribution in [-0.4, -0.2) is 11.4 Å². The van der Waals surface area contributed by atoms with Crippen LogP contribution < -0.4 is 0 Å². The van der Waals surface area contributed by atoms with Crippen LogP contribution in [0.15, 0.2) is 22.0 Å². The number of aliphatic hydroxyl groups is 1. The molecule has 0 bridgehead atoms. The lowest BCUT2D eigenvalue weighted by molar-refractivity contribution is -0.0148. The minimum absolute atomic E-state index is 0.736. The Balaban J connectivity index is 2.66. The van der Waals surface area contributed by atoms with Gasteiger partial charge in [0.15, 0.2) is 0 Å². The molecule has 1 atom stereocenters. The lowest BCUT2D eigenvalue weighted by atomic mass is 10.4. The zero-order valence-electron chi connectivity index (χ0n) is 4.04. The minimum atomic E-state index is -0.736. The van der Waals surface area contributed by atoms with Crippen molar-refractivity contribution in [3.8, 4) is 0 Å². The van der Waals surface area contributed by atoms with E-state index in [1.54, 1.807) is 12.2 Å². The smallest absolute Gasteiger partial charge is 0.229 e. The van der Waals surface area contributed by atoms with E-state index < -0.39 is 6.29 Å². The Bertz CT molecular complexity index is 139. The molecule has 0 aromatic heterocycles. The van der Waals surface area contributed by atoms with Gasteiger partial charge in [-0.2, -0.15) is 0 Å². The molecule has 0 saturated heterocycles. The maximum atomic E-state index is 8.83. The Morgan fingerprint density at radius 3 is 2.88 bits per heavy atom. The second kappa shape index (κ2) is 2.50. The summed E-state index contributed by atoms with van der Waals surface area (Å²) in [6, 6.07) is 0. The topological polar surface area (TPSA) is 29.5 Å². The standard InChI is InChI=1S/C5H5IO2/c6-4-2-1-3-8-5(4)7/h1-3,5,7H. The summed E-state index contributed by atoms with van der Waals surface area (Å²) in [6.45, 7) is 0. The molecule has 1 aliphatic rings. The summed E-state index contributed by atoms with van der Waals surface area (Å²) in [5, 5.41) is 8.83. The molecule has 3 heteroatoms. The molecule has 0 radical (unpaired) electrons. The highest BCUT2D eigenvalue weighted by atomic mass is 127. The highest BCUT2D eigenvalue weighted by molar-refractivity contribution is 14.1. The van der Waals surface area contributed by atoms with Gasteiger partial charge in [-0.05, 0) is 34.7 Å². The zero-order chi connectivity index (χ0) is 5.98. The predicted molar refractivity (Wildman–Crippen MR) is 38.3 cm³/mol. The van der Waals surface area contributed by atoms with Gasteiger partial charge in [0.1, 0.15) is 0 Å².